The van der Waals surface area contributed by atoms with E-state index in [2.05, 4.69) is 27.9 Å². The third-order valence-corrected chi connectivity index (χ3v) is 2.99. The minimum Gasteiger partial charge on any atom is -0.357 e. The maximum Gasteiger partial charge on any atom is 0.252 e. The third-order valence-electron chi connectivity index (χ3n) is 2.66. The van der Waals surface area contributed by atoms with Crippen molar-refractivity contribution in [1.82, 2.24) is 16.0 Å². The summed E-state index contributed by atoms with van der Waals surface area (Å²) in [5.41, 5.74) is 0.491. The first kappa shape index (κ1) is 21.0. The second-order valence-electron chi connectivity index (χ2n) is 4.42. The summed E-state index contributed by atoms with van der Waals surface area (Å²) in [6.45, 7) is 6.79. The molecule has 0 radical (unpaired) electrons. The van der Waals surface area contributed by atoms with Gasteiger partial charge in [0.1, 0.15) is 0 Å². The first-order valence-electron chi connectivity index (χ1n) is 7.24. The van der Waals surface area contributed by atoms with Gasteiger partial charge >= 0.3 is 0 Å². The van der Waals surface area contributed by atoms with Crippen molar-refractivity contribution in [2.45, 2.75) is 20.3 Å². The molecule has 22 heavy (non-hydrogen) atoms. The maximum absolute atomic E-state index is 11.9. The molecule has 0 aromatic heterocycles. The number of halogens is 2. The van der Waals surface area contributed by atoms with E-state index in [0.717, 1.165) is 25.5 Å². The zero-order chi connectivity index (χ0) is 15.5. The van der Waals surface area contributed by atoms with Crippen LogP contribution in [0.4, 0.5) is 0 Å². The molecule has 0 unspecified atom stereocenters. The predicted molar refractivity (Wildman–Crippen MR) is 103 cm³/mol. The van der Waals surface area contributed by atoms with Crippen LogP contribution < -0.4 is 16.0 Å². The fourth-order valence-electron chi connectivity index (χ4n) is 1.66. The van der Waals surface area contributed by atoms with E-state index in [1.807, 2.05) is 6.92 Å². The number of carbonyl (C=O) groups excluding carboxylic acids is 1. The number of aliphatic imine (C=N–C) groups is 1. The molecule has 0 saturated heterocycles. The van der Waals surface area contributed by atoms with Crippen LogP contribution in [0, 0.1) is 0 Å². The largest absolute Gasteiger partial charge is 0.357 e. The van der Waals surface area contributed by atoms with E-state index in [1.54, 1.807) is 24.3 Å². The summed E-state index contributed by atoms with van der Waals surface area (Å²) < 4.78 is 0. The average Bonchev–Trinajstić information content (AvgIpc) is 2.49. The summed E-state index contributed by atoms with van der Waals surface area (Å²) in [6, 6.07) is 7.00. The Morgan fingerprint density at radius 2 is 1.82 bits per heavy atom. The minimum absolute atomic E-state index is 0. The molecule has 0 bridgehead atoms. The highest BCUT2D eigenvalue weighted by atomic mass is 127. The SMILES string of the molecule is CCCN=C(NCC)NCCNC(=O)c1ccccc1Cl.I. The van der Waals surface area contributed by atoms with Gasteiger partial charge in [-0.2, -0.15) is 0 Å². The molecule has 1 amide bonds. The van der Waals surface area contributed by atoms with Crippen LogP contribution in [0.2, 0.25) is 5.02 Å². The molecule has 1 aromatic carbocycles. The van der Waals surface area contributed by atoms with Gasteiger partial charge in [-0.1, -0.05) is 30.7 Å². The monoisotopic (exact) mass is 438 g/mol. The molecule has 0 fully saturated rings. The van der Waals surface area contributed by atoms with Gasteiger partial charge in [0.2, 0.25) is 0 Å². The van der Waals surface area contributed by atoms with Gasteiger partial charge in [0.25, 0.3) is 5.91 Å². The molecule has 0 spiro atoms. The average molecular weight is 439 g/mol. The van der Waals surface area contributed by atoms with Gasteiger partial charge in [0.15, 0.2) is 5.96 Å². The van der Waals surface area contributed by atoms with Gasteiger partial charge in [-0.25, -0.2) is 0 Å². The molecule has 1 rings (SSSR count). The highest BCUT2D eigenvalue weighted by Crippen LogP contribution is 2.14. The molecule has 5 nitrogen and oxygen atoms in total. The van der Waals surface area contributed by atoms with Gasteiger partial charge in [0, 0.05) is 26.2 Å². The molecule has 0 aliphatic rings. The summed E-state index contributed by atoms with van der Waals surface area (Å²) in [6.07, 6.45) is 1.000. The maximum atomic E-state index is 11.9. The number of nitrogens with zero attached hydrogens (tertiary/aromatic N) is 1. The van der Waals surface area contributed by atoms with Crippen LogP contribution in [0.5, 0.6) is 0 Å². The Kier molecular flexibility index (Phi) is 11.9. The highest BCUT2D eigenvalue weighted by molar-refractivity contribution is 14.0. The van der Waals surface area contributed by atoms with E-state index in [9.17, 15) is 4.79 Å². The number of amides is 1. The minimum atomic E-state index is -0.169. The molecule has 3 N–H and O–H groups in total. The fraction of sp³-hybridized carbons (Fsp3) is 0.467. The number of carbonyl (C=O) groups is 1. The van der Waals surface area contributed by atoms with Gasteiger partial charge in [-0.05, 0) is 25.5 Å². The molecule has 0 aliphatic heterocycles. The Morgan fingerprint density at radius 1 is 1.14 bits per heavy atom. The van der Waals surface area contributed by atoms with Crippen LogP contribution in [-0.2, 0) is 0 Å². The van der Waals surface area contributed by atoms with Gasteiger partial charge in [-0.3, -0.25) is 9.79 Å². The first-order valence-corrected chi connectivity index (χ1v) is 7.61. The smallest absolute Gasteiger partial charge is 0.252 e. The first-order chi connectivity index (χ1) is 10.2. The summed E-state index contributed by atoms with van der Waals surface area (Å²) in [5.74, 6) is 0.601. The van der Waals surface area contributed by atoms with E-state index in [1.165, 1.54) is 0 Å². The standard InChI is InChI=1S/C15H23ClN4O.HI/c1-3-9-19-15(17-4-2)20-11-10-18-14(21)12-7-5-6-8-13(12)16;/h5-8H,3-4,9-11H2,1-2H3,(H,18,21)(H2,17,19,20);1H. The molecule has 7 heteroatoms. The Hall–Kier alpha value is -1.02. The lowest BCUT2D eigenvalue weighted by atomic mass is 10.2. The number of nitrogens with one attached hydrogen (secondary N) is 3. The number of guanidine groups is 1. The normalized spacial score (nSPS) is 10.6. The molecule has 0 aliphatic carbocycles. The Bertz CT molecular complexity index is 482. The summed E-state index contributed by atoms with van der Waals surface area (Å²) in [5, 5.41) is 9.60. The highest BCUT2D eigenvalue weighted by Gasteiger charge is 2.08. The van der Waals surface area contributed by atoms with Crippen LogP contribution >= 0.6 is 35.6 Å². The number of hydrogen-bond acceptors (Lipinski definition) is 2. The van der Waals surface area contributed by atoms with Crippen LogP contribution in [0.25, 0.3) is 0 Å². The quantitative estimate of drug-likeness (QED) is 0.265. The van der Waals surface area contributed by atoms with Crippen LogP contribution in [-0.4, -0.2) is 38.0 Å². The zero-order valence-electron chi connectivity index (χ0n) is 13.0. The van der Waals surface area contributed by atoms with Crippen LogP contribution in [0.15, 0.2) is 29.3 Å². The molecular weight excluding hydrogens is 415 g/mol. The number of benzene rings is 1. The van der Waals surface area contributed by atoms with Gasteiger partial charge in [-0.15, -0.1) is 24.0 Å². The van der Waals surface area contributed by atoms with Crippen molar-refractivity contribution in [3.8, 4) is 0 Å². The van der Waals surface area contributed by atoms with Crippen LogP contribution in [0.3, 0.4) is 0 Å². The van der Waals surface area contributed by atoms with Crippen molar-refractivity contribution >= 4 is 47.4 Å². The number of rotatable bonds is 7. The molecule has 0 saturated carbocycles. The van der Waals surface area contributed by atoms with Crippen molar-refractivity contribution < 1.29 is 4.79 Å². The van der Waals surface area contributed by atoms with E-state index >= 15 is 0 Å². The van der Waals surface area contributed by atoms with Gasteiger partial charge < -0.3 is 16.0 Å². The molecule has 1 aromatic rings. The van der Waals surface area contributed by atoms with E-state index in [0.29, 0.717) is 23.7 Å². The summed E-state index contributed by atoms with van der Waals surface area (Å²) in [7, 11) is 0. The second-order valence-corrected chi connectivity index (χ2v) is 4.83. The van der Waals surface area contributed by atoms with Crippen molar-refractivity contribution in [1.29, 1.82) is 0 Å². The Labute approximate surface area is 154 Å². The van der Waals surface area contributed by atoms with E-state index < -0.39 is 0 Å². The predicted octanol–water partition coefficient (Wildman–Crippen LogP) is 2.65. The van der Waals surface area contributed by atoms with Crippen molar-refractivity contribution in [2.24, 2.45) is 4.99 Å². The van der Waals surface area contributed by atoms with Crippen LogP contribution in [0.1, 0.15) is 30.6 Å². The summed E-state index contributed by atoms with van der Waals surface area (Å²) in [4.78, 5) is 16.3. The van der Waals surface area contributed by atoms with Crippen molar-refractivity contribution in [3.05, 3.63) is 34.9 Å². The lowest BCUT2D eigenvalue weighted by Gasteiger charge is -2.12. The molecule has 0 heterocycles. The van der Waals surface area contributed by atoms with Crippen molar-refractivity contribution in [3.63, 3.8) is 0 Å². The van der Waals surface area contributed by atoms with E-state index in [-0.39, 0.29) is 29.9 Å². The lowest BCUT2D eigenvalue weighted by Crippen LogP contribution is -2.41. The van der Waals surface area contributed by atoms with Gasteiger partial charge in [0.05, 0.1) is 10.6 Å². The van der Waals surface area contributed by atoms with Crippen molar-refractivity contribution in [2.75, 3.05) is 26.2 Å². The molecule has 0 atom stereocenters. The Morgan fingerprint density at radius 3 is 2.45 bits per heavy atom. The number of hydrogen-bond donors (Lipinski definition) is 3. The third kappa shape index (κ3) is 7.84. The summed E-state index contributed by atoms with van der Waals surface area (Å²) >= 11 is 5.98. The topological polar surface area (TPSA) is 65.5 Å². The second kappa shape index (κ2) is 12.5. The molecule has 124 valence electrons. The zero-order valence-corrected chi connectivity index (χ0v) is 16.1. The lowest BCUT2D eigenvalue weighted by molar-refractivity contribution is 0.0954. The fourth-order valence-corrected chi connectivity index (χ4v) is 1.88. The Balaban J connectivity index is 0.00000441. The molecular formula is C15H24ClIN4O. The van der Waals surface area contributed by atoms with E-state index in [4.69, 9.17) is 11.6 Å².